The van der Waals surface area contributed by atoms with Crippen LogP contribution in [0.2, 0.25) is 0 Å². The van der Waals surface area contributed by atoms with Crippen LogP contribution in [0.3, 0.4) is 0 Å². The molecule has 0 saturated heterocycles. The fraction of sp³-hybridized carbons (Fsp3) is 0.150. The predicted molar refractivity (Wildman–Crippen MR) is 107 cm³/mol. The summed E-state index contributed by atoms with van der Waals surface area (Å²) in [4.78, 5) is 23.9. The molecule has 0 fully saturated rings. The van der Waals surface area contributed by atoms with Gasteiger partial charge in [0.1, 0.15) is 12.1 Å². The van der Waals surface area contributed by atoms with Crippen molar-refractivity contribution >= 4 is 22.7 Å². The fourth-order valence-corrected chi connectivity index (χ4v) is 3.04. The highest BCUT2D eigenvalue weighted by molar-refractivity contribution is 5.77. The van der Waals surface area contributed by atoms with Crippen LogP contribution in [-0.2, 0) is 0 Å². The molecule has 1 N–H and O–H groups in total. The molecule has 8 nitrogen and oxygen atoms in total. The molecule has 0 aliphatic heterocycles. The van der Waals surface area contributed by atoms with Crippen LogP contribution >= 0.6 is 0 Å². The van der Waals surface area contributed by atoms with E-state index in [1.54, 1.807) is 24.7 Å². The van der Waals surface area contributed by atoms with Crippen molar-refractivity contribution in [3.8, 4) is 5.82 Å². The van der Waals surface area contributed by atoms with Gasteiger partial charge in [0.15, 0.2) is 0 Å². The molecule has 28 heavy (non-hydrogen) atoms. The Labute approximate surface area is 161 Å². The average molecular weight is 374 g/mol. The molecule has 2 aromatic heterocycles. The van der Waals surface area contributed by atoms with E-state index in [1.165, 1.54) is 6.07 Å². The smallest absolute Gasteiger partial charge is 0.269 e. The highest BCUT2D eigenvalue weighted by Crippen LogP contribution is 2.23. The molecule has 4 rings (SSSR count). The molecule has 0 aliphatic rings. The Bertz CT molecular complexity index is 1170. The molecular formula is C20H18N6O2. The fourth-order valence-electron chi connectivity index (χ4n) is 3.04. The summed E-state index contributed by atoms with van der Waals surface area (Å²) in [6.07, 6.45) is 3.41. The Morgan fingerprint density at radius 3 is 2.82 bits per heavy atom. The molecule has 4 aromatic rings. The zero-order valence-corrected chi connectivity index (χ0v) is 15.4. The number of rotatable bonds is 5. The van der Waals surface area contributed by atoms with Gasteiger partial charge in [-0.25, -0.2) is 9.97 Å². The Balaban J connectivity index is 1.62. The van der Waals surface area contributed by atoms with Crippen molar-refractivity contribution in [1.82, 2.24) is 19.5 Å². The second-order valence-electron chi connectivity index (χ2n) is 6.56. The lowest BCUT2D eigenvalue weighted by molar-refractivity contribution is -0.384. The summed E-state index contributed by atoms with van der Waals surface area (Å²) in [6.45, 7) is 3.94. The van der Waals surface area contributed by atoms with E-state index >= 15 is 0 Å². The number of nitrogens with one attached hydrogen (secondary N) is 1. The number of hydrogen-bond acceptors (Lipinski definition) is 6. The third-order valence-corrected chi connectivity index (χ3v) is 4.52. The van der Waals surface area contributed by atoms with Crippen molar-refractivity contribution in [2.75, 3.05) is 5.32 Å². The summed E-state index contributed by atoms with van der Waals surface area (Å²) < 4.78 is 1.90. The van der Waals surface area contributed by atoms with Crippen LogP contribution in [0.25, 0.3) is 16.9 Å². The number of hydrogen-bond donors (Lipinski definition) is 1. The van der Waals surface area contributed by atoms with Crippen molar-refractivity contribution in [3.63, 3.8) is 0 Å². The predicted octanol–water partition coefficient (Wildman–Crippen LogP) is 4.21. The molecule has 2 aromatic carbocycles. The van der Waals surface area contributed by atoms with Crippen molar-refractivity contribution in [2.24, 2.45) is 0 Å². The lowest BCUT2D eigenvalue weighted by Crippen LogP contribution is -2.11. The first-order valence-electron chi connectivity index (χ1n) is 8.79. The molecule has 0 amide bonds. The molecule has 0 spiro atoms. The van der Waals surface area contributed by atoms with Gasteiger partial charge in [-0.05, 0) is 43.2 Å². The number of nitrogens with zero attached hydrogens (tertiary/aromatic N) is 5. The van der Waals surface area contributed by atoms with Gasteiger partial charge in [-0.15, -0.1) is 0 Å². The van der Waals surface area contributed by atoms with E-state index in [1.807, 2.05) is 48.7 Å². The third kappa shape index (κ3) is 3.39. The van der Waals surface area contributed by atoms with Crippen molar-refractivity contribution < 1.29 is 4.92 Å². The first-order chi connectivity index (χ1) is 13.5. The highest BCUT2D eigenvalue weighted by Gasteiger charge is 2.13. The number of benzene rings is 2. The van der Waals surface area contributed by atoms with Gasteiger partial charge in [-0.1, -0.05) is 18.2 Å². The number of imidazole rings is 1. The molecule has 0 saturated carbocycles. The van der Waals surface area contributed by atoms with Gasteiger partial charge in [0, 0.05) is 18.3 Å². The third-order valence-electron chi connectivity index (χ3n) is 4.52. The van der Waals surface area contributed by atoms with Crippen LogP contribution in [-0.4, -0.2) is 24.4 Å². The van der Waals surface area contributed by atoms with Gasteiger partial charge in [-0.3, -0.25) is 14.7 Å². The van der Waals surface area contributed by atoms with Gasteiger partial charge in [0.25, 0.3) is 5.69 Å². The van der Waals surface area contributed by atoms with E-state index in [0.717, 1.165) is 22.2 Å². The number of non-ortho nitro benzene ring substituents is 1. The number of nitro groups is 1. The van der Waals surface area contributed by atoms with Crippen LogP contribution in [0.5, 0.6) is 0 Å². The Morgan fingerprint density at radius 2 is 2.00 bits per heavy atom. The SMILES string of the molecule is Cc1ccc2c(c1)ncn2-c1ccnc(N[C@H](C)c2cccc([N+](=O)[O-])c2)n1. The maximum Gasteiger partial charge on any atom is 0.269 e. The van der Waals surface area contributed by atoms with Gasteiger partial charge >= 0.3 is 0 Å². The minimum atomic E-state index is -0.404. The number of aromatic nitrogens is 4. The molecule has 1 atom stereocenters. The first kappa shape index (κ1) is 17.6. The Morgan fingerprint density at radius 1 is 1.14 bits per heavy atom. The summed E-state index contributed by atoms with van der Waals surface area (Å²) in [5.41, 5.74) is 3.85. The molecular weight excluding hydrogens is 356 g/mol. The summed E-state index contributed by atoms with van der Waals surface area (Å²) in [5.74, 6) is 1.13. The lowest BCUT2D eigenvalue weighted by atomic mass is 10.1. The number of nitro benzene ring substituents is 1. The van der Waals surface area contributed by atoms with E-state index < -0.39 is 4.92 Å². The number of fused-ring (bicyclic) bond motifs is 1. The largest absolute Gasteiger partial charge is 0.348 e. The average Bonchev–Trinajstić information content (AvgIpc) is 3.11. The van der Waals surface area contributed by atoms with Crippen LogP contribution in [0.1, 0.15) is 24.1 Å². The van der Waals surface area contributed by atoms with Gasteiger partial charge in [0.2, 0.25) is 5.95 Å². The standard InChI is InChI=1S/C20H18N6O2/c1-13-6-7-18-17(10-13)22-12-25(18)19-8-9-21-20(24-19)23-14(2)15-4-3-5-16(11-15)26(27)28/h3-12,14H,1-2H3,(H,21,23,24)/t14-/m1/s1. The maximum atomic E-state index is 11.0. The zero-order valence-electron chi connectivity index (χ0n) is 15.4. The minimum Gasteiger partial charge on any atom is -0.348 e. The molecule has 0 radical (unpaired) electrons. The monoisotopic (exact) mass is 374 g/mol. The van der Waals surface area contributed by atoms with E-state index in [4.69, 9.17) is 0 Å². The van der Waals surface area contributed by atoms with E-state index in [-0.39, 0.29) is 11.7 Å². The van der Waals surface area contributed by atoms with E-state index in [0.29, 0.717) is 11.8 Å². The topological polar surface area (TPSA) is 98.8 Å². The maximum absolute atomic E-state index is 11.0. The first-order valence-corrected chi connectivity index (χ1v) is 8.79. The van der Waals surface area contributed by atoms with E-state index in [2.05, 4.69) is 20.3 Å². The summed E-state index contributed by atoms with van der Waals surface area (Å²) in [7, 11) is 0. The van der Waals surface area contributed by atoms with Crippen LogP contribution in [0.4, 0.5) is 11.6 Å². The lowest BCUT2D eigenvalue weighted by Gasteiger charge is -2.14. The molecule has 8 heteroatoms. The number of aryl methyl sites for hydroxylation is 1. The second-order valence-corrected chi connectivity index (χ2v) is 6.56. The number of anilines is 1. The molecule has 0 aliphatic carbocycles. The zero-order chi connectivity index (χ0) is 19.7. The van der Waals surface area contributed by atoms with Gasteiger partial charge in [0.05, 0.1) is 22.0 Å². The second kappa shape index (κ2) is 7.07. The van der Waals surface area contributed by atoms with Crippen LogP contribution in [0, 0.1) is 17.0 Å². The summed E-state index contributed by atoms with van der Waals surface area (Å²) in [6, 6.07) is 14.2. The van der Waals surface area contributed by atoms with Crippen molar-refractivity contribution in [1.29, 1.82) is 0 Å². The summed E-state index contributed by atoms with van der Waals surface area (Å²) in [5, 5.41) is 14.2. The van der Waals surface area contributed by atoms with Crippen LogP contribution < -0.4 is 5.32 Å². The van der Waals surface area contributed by atoms with E-state index in [9.17, 15) is 10.1 Å². The Kier molecular flexibility index (Phi) is 4.44. The van der Waals surface area contributed by atoms with Crippen molar-refractivity contribution in [2.45, 2.75) is 19.9 Å². The van der Waals surface area contributed by atoms with Gasteiger partial charge in [-0.2, -0.15) is 4.98 Å². The molecule has 0 unspecified atom stereocenters. The molecule has 0 bridgehead atoms. The quantitative estimate of drug-likeness (QED) is 0.415. The highest BCUT2D eigenvalue weighted by atomic mass is 16.6. The van der Waals surface area contributed by atoms with Crippen molar-refractivity contribution in [3.05, 3.63) is 82.3 Å². The van der Waals surface area contributed by atoms with Gasteiger partial charge < -0.3 is 5.32 Å². The Hall–Kier alpha value is -3.81. The molecule has 140 valence electrons. The molecule has 2 heterocycles. The van der Waals surface area contributed by atoms with Crippen LogP contribution in [0.15, 0.2) is 61.1 Å². The summed E-state index contributed by atoms with van der Waals surface area (Å²) >= 11 is 0. The normalized spacial score (nSPS) is 12.1. The minimum absolute atomic E-state index is 0.0565.